The molecule has 0 bridgehead atoms. The first-order valence-corrected chi connectivity index (χ1v) is 9.91. The van der Waals surface area contributed by atoms with Crippen molar-refractivity contribution >= 4 is 0 Å². The minimum Gasteiger partial charge on any atom is -0.493 e. The molecule has 0 spiro atoms. The summed E-state index contributed by atoms with van der Waals surface area (Å²) in [6.45, 7) is 3.08. The van der Waals surface area contributed by atoms with Gasteiger partial charge in [-0.1, -0.05) is 0 Å². The SMILES string of the molecule is COc1cc(C#N)ccc1OCC1CCCN(Cc2nnc(-c3cccnc3)o2)C1. The van der Waals surface area contributed by atoms with Crippen molar-refractivity contribution in [1.82, 2.24) is 20.1 Å². The number of methoxy groups -OCH3 is 1. The smallest absolute Gasteiger partial charge is 0.249 e. The summed E-state index contributed by atoms with van der Waals surface area (Å²) in [5.74, 6) is 2.72. The van der Waals surface area contributed by atoms with Crippen molar-refractivity contribution in [2.24, 2.45) is 5.92 Å². The second kappa shape index (κ2) is 9.37. The highest BCUT2D eigenvalue weighted by Crippen LogP contribution is 2.29. The first-order chi connectivity index (χ1) is 14.7. The van der Waals surface area contributed by atoms with Gasteiger partial charge in [-0.25, -0.2) is 0 Å². The largest absolute Gasteiger partial charge is 0.493 e. The van der Waals surface area contributed by atoms with Crippen molar-refractivity contribution in [3.05, 3.63) is 54.2 Å². The molecule has 4 rings (SSSR count). The maximum Gasteiger partial charge on any atom is 0.249 e. The van der Waals surface area contributed by atoms with E-state index in [4.69, 9.17) is 19.2 Å². The van der Waals surface area contributed by atoms with Crippen molar-refractivity contribution in [3.63, 3.8) is 0 Å². The van der Waals surface area contributed by atoms with Crippen LogP contribution in [0.1, 0.15) is 24.3 Å². The van der Waals surface area contributed by atoms with Crippen molar-refractivity contribution in [3.8, 4) is 29.0 Å². The third-order valence-corrected chi connectivity index (χ3v) is 5.10. The molecule has 0 amide bonds. The van der Waals surface area contributed by atoms with Crippen LogP contribution in [0.2, 0.25) is 0 Å². The van der Waals surface area contributed by atoms with Gasteiger partial charge in [-0.2, -0.15) is 5.26 Å². The standard InChI is InChI=1S/C22H23N5O3/c1-28-20-10-16(11-23)6-7-19(20)29-15-17-4-3-9-27(13-17)14-21-25-26-22(30-21)18-5-2-8-24-12-18/h2,5-8,10,12,17H,3-4,9,13-15H2,1H3. The van der Waals surface area contributed by atoms with Crippen LogP contribution in [-0.4, -0.2) is 46.9 Å². The number of ether oxygens (including phenoxy) is 2. The molecule has 2 aromatic heterocycles. The average Bonchev–Trinajstić information content (AvgIpc) is 3.27. The fourth-order valence-corrected chi connectivity index (χ4v) is 3.61. The van der Waals surface area contributed by atoms with Crippen molar-refractivity contribution < 1.29 is 13.9 Å². The van der Waals surface area contributed by atoms with Crippen molar-refractivity contribution in [2.45, 2.75) is 19.4 Å². The van der Waals surface area contributed by atoms with E-state index >= 15 is 0 Å². The Morgan fingerprint density at radius 2 is 2.20 bits per heavy atom. The highest BCUT2D eigenvalue weighted by molar-refractivity contribution is 5.50. The molecule has 1 atom stereocenters. The molecule has 8 nitrogen and oxygen atoms in total. The molecule has 0 radical (unpaired) electrons. The third-order valence-electron chi connectivity index (χ3n) is 5.10. The minimum absolute atomic E-state index is 0.389. The lowest BCUT2D eigenvalue weighted by Gasteiger charge is -2.31. The first-order valence-electron chi connectivity index (χ1n) is 9.91. The van der Waals surface area contributed by atoms with Crippen LogP contribution in [0.5, 0.6) is 11.5 Å². The van der Waals surface area contributed by atoms with Crippen LogP contribution in [-0.2, 0) is 6.54 Å². The number of nitrogens with zero attached hydrogens (tertiary/aromatic N) is 5. The van der Waals surface area contributed by atoms with Gasteiger partial charge in [0.2, 0.25) is 11.8 Å². The number of benzene rings is 1. The molecule has 1 aromatic carbocycles. The van der Waals surface area contributed by atoms with Crippen LogP contribution < -0.4 is 9.47 Å². The monoisotopic (exact) mass is 405 g/mol. The Hall–Kier alpha value is -3.44. The molecule has 1 saturated heterocycles. The predicted molar refractivity (Wildman–Crippen MR) is 109 cm³/mol. The number of pyridine rings is 1. The maximum atomic E-state index is 9.03. The summed E-state index contributed by atoms with van der Waals surface area (Å²) in [6, 6.07) is 11.1. The molecule has 30 heavy (non-hydrogen) atoms. The van der Waals surface area contributed by atoms with Crippen LogP contribution in [0.25, 0.3) is 11.5 Å². The highest BCUT2D eigenvalue weighted by atomic mass is 16.5. The Labute approximate surface area is 175 Å². The molecule has 1 aliphatic heterocycles. The second-order valence-corrected chi connectivity index (χ2v) is 7.27. The topological polar surface area (TPSA) is 97.3 Å². The van der Waals surface area contributed by atoms with Gasteiger partial charge in [-0.15, -0.1) is 10.2 Å². The van der Waals surface area contributed by atoms with E-state index in [9.17, 15) is 0 Å². The average molecular weight is 405 g/mol. The van der Waals surface area contributed by atoms with Gasteiger partial charge in [0.15, 0.2) is 11.5 Å². The number of nitriles is 1. The Kier molecular flexibility index (Phi) is 6.20. The lowest BCUT2D eigenvalue weighted by atomic mass is 9.99. The summed E-state index contributed by atoms with van der Waals surface area (Å²) in [5.41, 5.74) is 1.37. The maximum absolute atomic E-state index is 9.03. The zero-order valence-electron chi connectivity index (χ0n) is 16.8. The molecule has 0 aliphatic carbocycles. The number of piperidine rings is 1. The molecular weight excluding hydrogens is 382 g/mol. The third kappa shape index (κ3) is 4.75. The van der Waals surface area contributed by atoms with Crippen LogP contribution in [0.3, 0.4) is 0 Å². The molecule has 154 valence electrons. The molecular formula is C22H23N5O3. The lowest BCUT2D eigenvalue weighted by Crippen LogP contribution is -2.37. The summed E-state index contributed by atoms with van der Waals surface area (Å²) in [6.07, 6.45) is 5.61. The number of likely N-dealkylation sites (tertiary alicyclic amines) is 1. The zero-order valence-corrected chi connectivity index (χ0v) is 16.8. The molecule has 1 aliphatic rings. The summed E-state index contributed by atoms with van der Waals surface area (Å²) in [7, 11) is 1.58. The van der Waals surface area contributed by atoms with Crippen molar-refractivity contribution in [1.29, 1.82) is 5.26 Å². The van der Waals surface area contributed by atoms with E-state index in [1.165, 1.54) is 0 Å². The van der Waals surface area contributed by atoms with E-state index < -0.39 is 0 Å². The van der Waals surface area contributed by atoms with Gasteiger partial charge in [0, 0.05) is 30.9 Å². The Morgan fingerprint density at radius 3 is 3.00 bits per heavy atom. The van der Waals surface area contributed by atoms with Crippen LogP contribution in [0.15, 0.2) is 47.1 Å². The molecule has 0 saturated carbocycles. The van der Waals surface area contributed by atoms with E-state index in [0.717, 1.165) is 31.5 Å². The van der Waals surface area contributed by atoms with E-state index in [1.807, 2.05) is 12.1 Å². The summed E-state index contributed by atoms with van der Waals surface area (Å²) >= 11 is 0. The quantitative estimate of drug-likeness (QED) is 0.591. The van der Waals surface area contributed by atoms with E-state index in [1.54, 1.807) is 37.7 Å². The normalized spacial score (nSPS) is 16.7. The zero-order chi connectivity index (χ0) is 20.8. The van der Waals surface area contributed by atoms with Gasteiger partial charge in [0.1, 0.15) is 0 Å². The highest BCUT2D eigenvalue weighted by Gasteiger charge is 2.23. The summed E-state index contributed by atoms with van der Waals surface area (Å²) in [4.78, 5) is 6.40. The van der Waals surface area contributed by atoms with Crippen molar-refractivity contribution in [2.75, 3.05) is 26.8 Å². The summed E-state index contributed by atoms with van der Waals surface area (Å²) in [5, 5.41) is 17.3. The number of hydrogen-bond acceptors (Lipinski definition) is 8. The Balaban J connectivity index is 1.33. The van der Waals surface area contributed by atoms with Crippen LogP contribution in [0, 0.1) is 17.2 Å². The van der Waals surface area contributed by atoms with Gasteiger partial charge in [0.05, 0.1) is 37.5 Å². The van der Waals surface area contributed by atoms with Crippen LogP contribution >= 0.6 is 0 Å². The van der Waals surface area contributed by atoms with Gasteiger partial charge < -0.3 is 13.9 Å². The predicted octanol–water partition coefficient (Wildman–Crippen LogP) is 3.30. The second-order valence-electron chi connectivity index (χ2n) is 7.27. The fraction of sp³-hybridized carbons (Fsp3) is 0.364. The molecule has 3 aromatic rings. The molecule has 0 N–H and O–H groups in total. The van der Waals surface area contributed by atoms with Gasteiger partial charge >= 0.3 is 0 Å². The Bertz CT molecular complexity index is 1020. The Morgan fingerprint density at radius 1 is 1.27 bits per heavy atom. The van der Waals surface area contributed by atoms with Crippen LogP contribution in [0.4, 0.5) is 0 Å². The number of rotatable bonds is 7. The number of aromatic nitrogens is 3. The van der Waals surface area contributed by atoms with Gasteiger partial charge in [-0.3, -0.25) is 9.88 Å². The fourth-order valence-electron chi connectivity index (χ4n) is 3.61. The molecule has 3 heterocycles. The van der Waals surface area contributed by atoms with E-state index in [2.05, 4.69) is 26.2 Å². The molecule has 8 heteroatoms. The van der Waals surface area contributed by atoms with Gasteiger partial charge in [-0.05, 0) is 43.7 Å². The van der Waals surface area contributed by atoms with Gasteiger partial charge in [0.25, 0.3) is 0 Å². The summed E-state index contributed by atoms with van der Waals surface area (Å²) < 4.78 is 17.2. The lowest BCUT2D eigenvalue weighted by molar-refractivity contribution is 0.116. The first kappa shape index (κ1) is 19.9. The minimum atomic E-state index is 0.389. The molecule has 1 fully saturated rings. The molecule has 1 unspecified atom stereocenters. The van der Waals surface area contributed by atoms with E-state index in [0.29, 0.717) is 47.9 Å². The van der Waals surface area contributed by atoms with E-state index in [-0.39, 0.29) is 0 Å². The number of hydrogen-bond donors (Lipinski definition) is 0.